The Bertz CT molecular complexity index is 1040. The van der Waals surface area contributed by atoms with Gasteiger partial charge in [-0.15, -0.1) is 0 Å². The van der Waals surface area contributed by atoms with Gasteiger partial charge in [0.05, 0.1) is 5.92 Å². The minimum atomic E-state index is -0.297. The van der Waals surface area contributed by atoms with Crippen LogP contribution in [0.3, 0.4) is 0 Å². The molecular formula is C25H24N2O2. The number of rotatable bonds is 3. The standard InChI is InChI=1S/C25H24N2O2/c28-23-13-7-12-22-21-14-18(16-27(22)23)15-26(17-21)25(29)24(19-8-3-1-4-9-19)20-10-5-2-6-11-20/h1-13,18,21,24H,14-17H2/t18-,21+/m0/s1. The van der Waals surface area contributed by atoms with Gasteiger partial charge in [0.2, 0.25) is 5.91 Å². The largest absolute Gasteiger partial charge is 0.341 e. The van der Waals surface area contributed by atoms with Crippen molar-refractivity contribution in [3.63, 3.8) is 0 Å². The highest BCUT2D eigenvalue weighted by Crippen LogP contribution is 2.37. The second-order valence-corrected chi connectivity index (χ2v) is 8.20. The summed E-state index contributed by atoms with van der Waals surface area (Å²) in [7, 11) is 0. The summed E-state index contributed by atoms with van der Waals surface area (Å²) < 4.78 is 1.91. The van der Waals surface area contributed by atoms with Gasteiger partial charge >= 0.3 is 0 Å². The number of likely N-dealkylation sites (tertiary alicyclic amines) is 1. The normalized spacial score (nSPS) is 20.4. The van der Waals surface area contributed by atoms with Crippen molar-refractivity contribution in [3.8, 4) is 0 Å². The Kier molecular flexibility index (Phi) is 4.55. The lowest BCUT2D eigenvalue weighted by Crippen LogP contribution is -2.50. The van der Waals surface area contributed by atoms with Crippen molar-refractivity contribution < 1.29 is 4.79 Å². The number of fused-ring (bicyclic) bond motifs is 4. The number of pyridine rings is 1. The average molecular weight is 384 g/mol. The van der Waals surface area contributed by atoms with E-state index < -0.39 is 0 Å². The molecule has 2 aliphatic rings. The van der Waals surface area contributed by atoms with Crippen LogP contribution in [0.2, 0.25) is 0 Å². The van der Waals surface area contributed by atoms with E-state index in [0.29, 0.717) is 25.6 Å². The van der Waals surface area contributed by atoms with Crippen LogP contribution < -0.4 is 5.56 Å². The topological polar surface area (TPSA) is 42.3 Å². The number of piperidine rings is 1. The van der Waals surface area contributed by atoms with Crippen molar-refractivity contribution in [1.29, 1.82) is 0 Å². The predicted molar refractivity (Wildman–Crippen MR) is 113 cm³/mol. The van der Waals surface area contributed by atoms with Gasteiger partial charge in [-0.05, 0) is 29.5 Å². The molecule has 5 rings (SSSR count). The van der Waals surface area contributed by atoms with E-state index in [9.17, 15) is 9.59 Å². The minimum Gasteiger partial charge on any atom is -0.341 e. The van der Waals surface area contributed by atoms with Crippen molar-refractivity contribution in [2.45, 2.75) is 24.8 Å². The van der Waals surface area contributed by atoms with E-state index in [4.69, 9.17) is 0 Å². The van der Waals surface area contributed by atoms with Gasteiger partial charge in [0.15, 0.2) is 0 Å². The lowest BCUT2D eigenvalue weighted by Gasteiger charge is -2.43. The third kappa shape index (κ3) is 3.29. The smallest absolute Gasteiger partial charge is 0.250 e. The Morgan fingerprint density at radius 3 is 2.10 bits per heavy atom. The fraction of sp³-hybridized carbons (Fsp3) is 0.280. The molecule has 1 saturated heterocycles. The van der Waals surface area contributed by atoms with Gasteiger partial charge in [0.1, 0.15) is 0 Å². The maximum absolute atomic E-state index is 13.8. The molecule has 3 heterocycles. The van der Waals surface area contributed by atoms with Crippen LogP contribution in [0.25, 0.3) is 0 Å². The molecule has 1 amide bonds. The summed E-state index contributed by atoms with van der Waals surface area (Å²) >= 11 is 0. The number of nitrogens with zero attached hydrogens (tertiary/aromatic N) is 2. The molecule has 2 atom stereocenters. The van der Waals surface area contributed by atoms with Gasteiger partial charge in [-0.1, -0.05) is 66.7 Å². The molecule has 0 N–H and O–H groups in total. The van der Waals surface area contributed by atoms with Crippen LogP contribution in [0, 0.1) is 5.92 Å². The van der Waals surface area contributed by atoms with Crippen LogP contribution in [0.5, 0.6) is 0 Å². The van der Waals surface area contributed by atoms with Crippen molar-refractivity contribution in [3.05, 3.63) is 106 Å². The summed E-state index contributed by atoms with van der Waals surface area (Å²) in [5, 5.41) is 0. The number of aromatic nitrogens is 1. The van der Waals surface area contributed by atoms with Crippen molar-refractivity contribution in [2.24, 2.45) is 5.92 Å². The van der Waals surface area contributed by atoms with Gasteiger partial charge in [-0.2, -0.15) is 0 Å². The Morgan fingerprint density at radius 2 is 1.45 bits per heavy atom. The maximum atomic E-state index is 13.8. The molecule has 29 heavy (non-hydrogen) atoms. The summed E-state index contributed by atoms with van der Waals surface area (Å²) in [4.78, 5) is 28.1. The Morgan fingerprint density at radius 1 is 0.793 bits per heavy atom. The van der Waals surface area contributed by atoms with E-state index >= 15 is 0 Å². The fourth-order valence-corrected chi connectivity index (χ4v) is 5.03. The molecule has 146 valence electrons. The average Bonchev–Trinajstić information content (AvgIpc) is 2.76. The van der Waals surface area contributed by atoms with Crippen LogP contribution in [-0.2, 0) is 11.3 Å². The lowest BCUT2D eigenvalue weighted by atomic mass is 9.81. The van der Waals surface area contributed by atoms with Crippen LogP contribution >= 0.6 is 0 Å². The highest BCUT2D eigenvalue weighted by Gasteiger charge is 2.38. The fourth-order valence-electron chi connectivity index (χ4n) is 5.03. The highest BCUT2D eigenvalue weighted by atomic mass is 16.2. The molecule has 0 aliphatic carbocycles. The summed E-state index contributed by atoms with van der Waals surface area (Å²) in [5.74, 6) is 0.420. The zero-order chi connectivity index (χ0) is 19.8. The van der Waals surface area contributed by atoms with Gasteiger partial charge in [0.25, 0.3) is 5.56 Å². The molecule has 2 aromatic carbocycles. The maximum Gasteiger partial charge on any atom is 0.250 e. The quantitative estimate of drug-likeness (QED) is 0.692. The number of hydrogen-bond donors (Lipinski definition) is 0. The van der Waals surface area contributed by atoms with Crippen molar-refractivity contribution >= 4 is 5.91 Å². The molecule has 1 fully saturated rings. The van der Waals surface area contributed by atoms with Crippen LogP contribution in [0.4, 0.5) is 0 Å². The minimum absolute atomic E-state index is 0.0726. The number of carbonyl (C=O) groups is 1. The molecule has 4 nitrogen and oxygen atoms in total. The van der Waals surface area contributed by atoms with Crippen LogP contribution in [0.1, 0.15) is 35.1 Å². The molecule has 0 saturated carbocycles. The summed E-state index contributed by atoms with van der Waals surface area (Å²) in [5.41, 5.74) is 3.19. The third-order valence-electron chi connectivity index (χ3n) is 6.30. The van der Waals surface area contributed by atoms with Gasteiger partial charge in [0, 0.05) is 37.3 Å². The molecule has 0 radical (unpaired) electrons. The second kappa shape index (κ2) is 7.36. The first-order valence-electron chi connectivity index (χ1n) is 10.3. The number of carbonyl (C=O) groups excluding carboxylic acids is 1. The Labute approximate surface area is 170 Å². The van der Waals surface area contributed by atoms with E-state index in [-0.39, 0.29) is 23.3 Å². The van der Waals surface area contributed by atoms with Gasteiger partial charge < -0.3 is 9.47 Å². The molecule has 0 unspecified atom stereocenters. The molecule has 2 bridgehead atoms. The zero-order valence-corrected chi connectivity index (χ0v) is 16.3. The highest BCUT2D eigenvalue weighted by molar-refractivity contribution is 5.87. The molecule has 4 heteroatoms. The second-order valence-electron chi connectivity index (χ2n) is 8.20. The van der Waals surface area contributed by atoms with E-state index in [1.54, 1.807) is 6.07 Å². The first kappa shape index (κ1) is 17.9. The Hall–Kier alpha value is -3.14. The first-order valence-corrected chi connectivity index (χ1v) is 10.3. The van der Waals surface area contributed by atoms with E-state index in [1.807, 2.05) is 82.3 Å². The molecule has 0 spiro atoms. The van der Waals surface area contributed by atoms with E-state index in [1.165, 1.54) is 0 Å². The predicted octanol–water partition coefficient (Wildman–Crippen LogP) is 3.63. The van der Waals surface area contributed by atoms with Crippen LogP contribution in [-0.4, -0.2) is 28.5 Å². The first-order chi connectivity index (χ1) is 14.2. The van der Waals surface area contributed by atoms with E-state index in [2.05, 4.69) is 0 Å². The number of hydrogen-bond acceptors (Lipinski definition) is 2. The van der Waals surface area contributed by atoms with Gasteiger partial charge in [-0.3, -0.25) is 9.59 Å². The van der Waals surface area contributed by atoms with Crippen LogP contribution in [0.15, 0.2) is 83.7 Å². The van der Waals surface area contributed by atoms with E-state index in [0.717, 1.165) is 23.2 Å². The summed E-state index contributed by atoms with van der Waals surface area (Å²) in [6.07, 6.45) is 1.05. The molecular weight excluding hydrogens is 360 g/mol. The number of benzene rings is 2. The SMILES string of the molecule is O=C(C(c1ccccc1)c1ccccc1)N1C[C@@H]2C[C@H](C1)c1cccc(=O)n1C2. The van der Waals surface area contributed by atoms with Crippen molar-refractivity contribution in [2.75, 3.05) is 13.1 Å². The Balaban J connectivity index is 1.49. The molecule has 3 aromatic rings. The number of amides is 1. The monoisotopic (exact) mass is 384 g/mol. The van der Waals surface area contributed by atoms with Crippen molar-refractivity contribution in [1.82, 2.24) is 9.47 Å². The summed E-state index contributed by atoms with van der Waals surface area (Å²) in [6.45, 7) is 2.10. The lowest BCUT2D eigenvalue weighted by molar-refractivity contribution is -0.134. The molecule has 1 aromatic heterocycles. The molecule has 2 aliphatic heterocycles. The zero-order valence-electron chi connectivity index (χ0n) is 16.3. The third-order valence-corrected chi connectivity index (χ3v) is 6.30. The van der Waals surface area contributed by atoms with Gasteiger partial charge in [-0.25, -0.2) is 0 Å². The summed E-state index contributed by atoms with van der Waals surface area (Å²) in [6, 6.07) is 25.6.